The largest absolute Gasteiger partial charge is 0.391 e. The minimum absolute atomic E-state index is 0.0812. The lowest BCUT2D eigenvalue weighted by molar-refractivity contribution is -0.120. The Balaban J connectivity index is 2.08. The number of aliphatic hydroxyl groups excluding tert-OH is 1. The summed E-state index contributed by atoms with van der Waals surface area (Å²) < 4.78 is 0. The molecule has 1 saturated carbocycles. The topological polar surface area (TPSA) is 88.4 Å². The number of carbonyl (C=O) groups is 1. The summed E-state index contributed by atoms with van der Waals surface area (Å²) in [6, 6.07) is 2.28. The van der Waals surface area contributed by atoms with Crippen molar-refractivity contribution >= 4 is 5.91 Å². The fourth-order valence-electron chi connectivity index (χ4n) is 2.88. The summed E-state index contributed by atoms with van der Waals surface area (Å²) in [4.78, 5) is 13.7. The van der Waals surface area contributed by atoms with E-state index in [0.717, 1.165) is 12.8 Å². The summed E-state index contributed by atoms with van der Waals surface area (Å²) in [6.45, 7) is 4.28. The number of nitrogens with one attached hydrogen (secondary N) is 2. The van der Waals surface area contributed by atoms with Crippen LogP contribution < -0.4 is 10.6 Å². The van der Waals surface area contributed by atoms with E-state index in [1.807, 2.05) is 24.8 Å². The Morgan fingerprint density at radius 1 is 1.45 bits per heavy atom. The van der Waals surface area contributed by atoms with Crippen molar-refractivity contribution in [1.82, 2.24) is 15.5 Å². The molecule has 1 heterocycles. The maximum atomic E-state index is 11.9. The van der Waals surface area contributed by atoms with Crippen molar-refractivity contribution in [2.24, 2.45) is 5.92 Å². The van der Waals surface area contributed by atoms with Crippen LogP contribution >= 0.6 is 0 Å². The van der Waals surface area contributed by atoms with Crippen LogP contribution in [0.15, 0.2) is 11.8 Å². The Kier molecular flexibility index (Phi) is 5.81. The standard InChI is InChI=1S/C16H26N4O2/c1-11(2)14(21)10-20-9-12(8-17)15(22)19-16(20)18-13-6-4-3-5-7-13/h9,11,13-14,16,18,21H,3-7,10H2,1-2H3,(H,19,22). The smallest absolute Gasteiger partial charge is 0.266 e. The van der Waals surface area contributed by atoms with Gasteiger partial charge in [-0.1, -0.05) is 33.1 Å². The van der Waals surface area contributed by atoms with Crippen LogP contribution in [0.1, 0.15) is 46.0 Å². The second kappa shape index (κ2) is 7.61. The number of carbonyl (C=O) groups excluding carboxylic acids is 1. The van der Waals surface area contributed by atoms with Gasteiger partial charge < -0.3 is 15.3 Å². The number of hydrogen-bond donors (Lipinski definition) is 3. The third-order valence-corrected chi connectivity index (χ3v) is 4.43. The predicted molar refractivity (Wildman–Crippen MR) is 83.2 cm³/mol. The number of amides is 1. The SMILES string of the molecule is CC(C)C(O)CN1C=C(C#N)C(=O)NC1NC1CCCCC1. The Morgan fingerprint density at radius 3 is 2.73 bits per heavy atom. The Morgan fingerprint density at radius 2 is 2.14 bits per heavy atom. The summed E-state index contributed by atoms with van der Waals surface area (Å²) >= 11 is 0. The van der Waals surface area contributed by atoms with Crippen LogP contribution in [0.2, 0.25) is 0 Å². The van der Waals surface area contributed by atoms with Gasteiger partial charge in [0.1, 0.15) is 11.6 Å². The molecule has 22 heavy (non-hydrogen) atoms. The molecule has 2 rings (SSSR count). The molecule has 1 amide bonds. The average molecular weight is 306 g/mol. The predicted octanol–water partition coefficient (Wildman–Crippen LogP) is 1.05. The highest BCUT2D eigenvalue weighted by Crippen LogP contribution is 2.19. The first kappa shape index (κ1) is 16.8. The number of hydrogen-bond acceptors (Lipinski definition) is 5. The van der Waals surface area contributed by atoms with Crippen molar-refractivity contribution in [3.8, 4) is 6.07 Å². The van der Waals surface area contributed by atoms with Crippen LogP contribution in [0.5, 0.6) is 0 Å². The van der Waals surface area contributed by atoms with Gasteiger partial charge in [-0.15, -0.1) is 0 Å². The van der Waals surface area contributed by atoms with Gasteiger partial charge >= 0.3 is 0 Å². The quantitative estimate of drug-likeness (QED) is 0.706. The molecule has 0 radical (unpaired) electrons. The molecule has 0 saturated heterocycles. The molecule has 1 fully saturated rings. The van der Waals surface area contributed by atoms with Gasteiger partial charge in [-0.25, -0.2) is 0 Å². The Hall–Kier alpha value is -1.58. The van der Waals surface area contributed by atoms with Gasteiger partial charge in [0.05, 0.1) is 6.10 Å². The molecular weight excluding hydrogens is 280 g/mol. The molecule has 0 spiro atoms. The van der Waals surface area contributed by atoms with E-state index in [0.29, 0.717) is 12.6 Å². The fourth-order valence-corrected chi connectivity index (χ4v) is 2.88. The number of β-amino-alcohol motifs (C(OH)–C–C–N with tert-alkyl or cyclic N) is 1. The summed E-state index contributed by atoms with van der Waals surface area (Å²) in [5.74, 6) is -0.238. The molecule has 2 aliphatic rings. The van der Waals surface area contributed by atoms with Gasteiger partial charge in [0.2, 0.25) is 0 Å². The molecule has 2 unspecified atom stereocenters. The highest BCUT2D eigenvalue weighted by atomic mass is 16.3. The van der Waals surface area contributed by atoms with Gasteiger partial charge in [0.25, 0.3) is 5.91 Å². The molecule has 1 aliphatic heterocycles. The molecular formula is C16H26N4O2. The molecule has 2 atom stereocenters. The van der Waals surface area contributed by atoms with Crippen LogP contribution in [0, 0.1) is 17.2 Å². The minimum Gasteiger partial charge on any atom is -0.391 e. The van der Waals surface area contributed by atoms with Gasteiger partial charge in [0, 0.05) is 18.8 Å². The molecule has 0 aromatic carbocycles. The van der Waals surface area contributed by atoms with E-state index < -0.39 is 6.10 Å². The van der Waals surface area contributed by atoms with Crippen LogP contribution in [-0.2, 0) is 4.79 Å². The summed E-state index contributed by atoms with van der Waals surface area (Å²) in [5.41, 5.74) is 0.0812. The van der Waals surface area contributed by atoms with Gasteiger partial charge in [-0.3, -0.25) is 10.1 Å². The molecule has 6 nitrogen and oxygen atoms in total. The van der Waals surface area contributed by atoms with Crippen LogP contribution in [-0.4, -0.2) is 40.9 Å². The maximum absolute atomic E-state index is 11.9. The van der Waals surface area contributed by atoms with Crippen molar-refractivity contribution in [3.05, 3.63) is 11.8 Å². The van der Waals surface area contributed by atoms with Crippen molar-refractivity contribution in [3.63, 3.8) is 0 Å². The van der Waals surface area contributed by atoms with E-state index in [1.165, 1.54) is 19.3 Å². The van der Waals surface area contributed by atoms with E-state index in [-0.39, 0.29) is 23.7 Å². The lowest BCUT2D eigenvalue weighted by Crippen LogP contribution is -2.61. The van der Waals surface area contributed by atoms with Crippen LogP contribution in [0.4, 0.5) is 0 Å². The van der Waals surface area contributed by atoms with Crippen LogP contribution in [0.25, 0.3) is 0 Å². The molecule has 0 aromatic rings. The Bertz CT molecular complexity index is 463. The van der Waals surface area contributed by atoms with Gasteiger partial charge in [-0.05, 0) is 18.8 Å². The van der Waals surface area contributed by atoms with Gasteiger partial charge in [0.15, 0.2) is 6.29 Å². The number of nitriles is 1. The molecule has 6 heteroatoms. The normalized spacial score (nSPS) is 24.7. The first-order valence-electron chi connectivity index (χ1n) is 8.14. The average Bonchev–Trinajstić information content (AvgIpc) is 2.50. The molecule has 0 bridgehead atoms. The van der Waals surface area contributed by atoms with Crippen molar-refractivity contribution in [2.75, 3.05) is 6.54 Å². The lowest BCUT2D eigenvalue weighted by atomic mass is 9.95. The number of aliphatic hydroxyl groups is 1. The van der Waals surface area contributed by atoms with Gasteiger partial charge in [-0.2, -0.15) is 5.26 Å². The summed E-state index contributed by atoms with van der Waals surface area (Å²) in [5, 5.41) is 25.5. The van der Waals surface area contributed by atoms with E-state index in [4.69, 9.17) is 5.26 Å². The molecule has 0 aromatic heterocycles. The number of rotatable bonds is 5. The first-order valence-corrected chi connectivity index (χ1v) is 8.14. The van der Waals surface area contributed by atoms with E-state index in [9.17, 15) is 9.90 Å². The second-order valence-electron chi connectivity index (χ2n) is 6.54. The zero-order valence-corrected chi connectivity index (χ0v) is 13.4. The maximum Gasteiger partial charge on any atom is 0.266 e. The van der Waals surface area contributed by atoms with Crippen molar-refractivity contribution in [1.29, 1.82) is 5.26 Å². The zero-order chi connectivity index (χ0) is 16.1. The fraction of sp³-hybridized carbons (Fsp3) is 0.750. The Labute approximate surface area is 132 Å². The lowest BCUT2D eigenvalue weighted by Gasteiger charge is -2.39. The molecule has 1 aliphatic carbocycles. The molecule has 3 N–H and O–H groups in total. The number of nitrogens with zero attached hydrogens (tertiary/aromatic N) is 2. The molecule has 122 valence electrons. The van der Waals surface area contributed by atoms with Crippen molar-refractivity contribution < 1.29 is 9.90 Å². The second-order valence-corrected chi connectivity index (χ2v) is 6.54. The first-order chi connectivity index (χ1) is 10.5. The zero-order valence-electron chi connectivity index (χ0n) is 13.4. The van der Waals surface area contributed by atoms with E-state index >= 15 is 0 Å². The van der Waals surface area contributed by atoms with E-state index in [1.54, 1.807) is 6.20 Å². The minimum atomic E-state index is -0.512. The third-order valence-electron chi connectivity index (χ3n) is 4.43. The summed E-state index contributed by atoms with van der Waals surface area (Å²) in [7, 11) is 0. The monoisotopic (exact) mass is 306 g/mol. The van der Waals surface area contributed by atoms with E-state index in [2.05, 4.69) is 10.6 Å². The van der Waals surface area contributed by atoms with Crippen LogP contribution in [0.3, 0.4) is 0 Å². The third kappa shape index (κ3) is 4.21. The summed E-state index contributed by atoms with van der Waals surface area (Å²) in [6.07, 6.45) is 6.55. The van der Waals surface area contributed by atoms with Crippen molar-refractivity contribution in [2.45, 2.75) is 64.4 Å². The highest BCUT2D eigenvalue weighted by molar-refractivity contribution is 5.97. The highest BCUT2D eigenvalue weighted by Gasteiger charge is 2.30.